The first-order valence-electron chi connectivity index (χ1n) is 6.30. The summed E-state index contributed by atoms with van der Waals surface area (Å²) in [5.41, 5.74) is 6.35. The molecule has 110 valence electrons. The van der Waals surface area contributed by atoms with Gasteiger partial charge in [0.05, 0.1) is 0 Å². The van der Waals surface area contributed by atoms with E-state index >= 15 is 0 Å². The zero-order valence-electron chi connectivity index (χ0n) is 11.8. The molecule has 0 aliphatic rings. The molecule has 7 heteroatoms. The molecular weight excluding hydrogens is 282 g/mol. The maximum atomic E-state index is 12.2. The van der Waals surface area contributed by atoms with Crippen LogP contribution in [-0.2, 0) is 16.6 Å². The van der Waals surface area contributed by atoms with E-state index in [1.807, 2.05) is 19.5 Å². The van der Waals surface area contributed by atoms with Gasteiger partial charge in [0.25, 0.3) is 0 Å². The number of sulfonamides is 1. The van der Waals surface area contributed by atoms with Crippen LogP contribution < -0.4 is 10.5 Å². The van der Waals surface area contributed by atoms with Gasteiger partial charge in [-0.3, -0.25) is 0 Å². The molecule has 0 aromatic carbocycles. The summed E-state index contributed by atoms with van der Waals surface area (Å²) in [6.45, 7) is 3.49. The van der Waals surface area contributed by atoms with E-state index in [-0.39, 0.29) is 6.54 Å². The molecule has 0 fully saturated rings. The van der Waals surface area contributed by atoms with Crippen molar-refractivity contribution in [3.05, 3.63) is 15.8 Å². The molecule has 0 saturated heterocycles. The van der Waals surface area contributed by atoms with Crippen LogP contribution in [0.15, 0.2) is 10.3 Å². The fourth-order valence-corrected chi connectivity index (χ4v) is 4.59. The van der Waals surface area contributed by atoms with Crippen molar-refractivity contribution < 1.29 is 8.42 Å². The summed E-state index contributed by atoms with van der Waals surface area (Å²) in [6, 6.07) is 0. The number of nitrogens with two attached hydrogens (primary N) is 1. The predicted octanol–water partition coefficient (Wildman–Crippen LogP) is 1.14. The molecule has 1 aromatic heterocycles. The Bertz CT molecular complexity index is 495. The highest BCUT2D eigenvalue weighted by Gasteiger charge is 2.21. The fraction of sp³-hybridized carbons (Fsp3) is 0.667. The molecule has 0 aliphatic heterocycles. The molecule has 0 unspecified atom stereocenters. The lowest BCUT2D eigenvalue weighted by molar-refractivity contribution is 0.394. The van der Waals surface area contributed by atoms with Crippen molar-refractivity contribution in [1.82, 2.24) is 9.62 Å². The largest absolute Gasteiger partial charge is 0.326 e. The lowest BCUT2D eigenvalue weighted by Gasteiger charge is -2.10. The Morgan fingerprint density at radius 3 is 2.63 bits per heavy atom. The summed E-state index contributed by atoms with van der Waals surface area (Å²) in [5, 5.41) is 1.84. The highest BCUT2D eigenvalue weighted by atomic mass is 32.2. The summed E-state index contributed by atoms with van der Waals surface area (Å²) in [6.07, 6.45) is 1.81. The number of aryl methyl sites for hydroxylation is 1. The molecule has 0 saturated carbocycles. The smallest absolute Gasteiger partial charge is 0.241 e. The number of rotatable bonds is 8. The normalized spacial score (nSPS) is 12.3. The number of nitrogens with zero attached hydrogens (tertiary/aromatic N) is 1. The van der Waals surface area contributed by atoms with E-state index < -0.39 is 10.0 Å². The van der Waals surface area contributed by atoms with Crippen LogP contribution in [0.3, 0.4) is 0 Å². The van der Waals surface area contributed by atoms with Crippen molar-refractivity contribution in [2.45, 2.75) is 31.2 Å². The van der Waals surface area contributed by atoms with Crippen molar-refractivity contribution in [3.8, 4) is 0 Å². The first-order chi connectivity index (χ1) is 8.88. The molecule has 3 N–H and O–H groups in total. The maximum absolute atomic E-state index is 12.2. The highest BCUT2D eigenvalue weighted by Crippen LogP contribution is 2.26. The van der Waals surface area contributed by atoms with Crippen molar-refractivity contribution in [3.63, 3.8) is 0 Å². The zero-order chi connectivity index (χ0) is 14.5. The number of thiophene rings is 1. The van der Waals surface area contributed by atoms with E-state index in [1.54, 1.807) is 6.92 Å². The first-order valence-corrected chi connectivity index (χ1v) is 8.66. The van der Waals surface area contributed by atoms with Crippen molar-refractivity contribution in [1.29, 1.82) is 0 Å². The molecule has 0 bridgehead atoms. The Hall–Kier alpha value is -0.470. The zero-order valence-corrected chi connectivity index (χ0v) is 13.4. The van der Waals surface area contributed by atoms with Gasteiger partial charge in [0.15, 0.2) is 0 Å². The van der Waals surface area contributed by atoms with Gasteiger partial charge in [0, 0.05) is 18.0 Å². The van der Waals surface area contributed by atoms with Gasteiger partial charge >= 0.3 is 0 Å². The SMILES string of the molecule is Cc1csc(CN)c1S(=O)(=O)NCCCCN(C)C. The summed E-state index contributed by atoms with van der Waals surface area (Å²) < 4.78 is 27.1. The number of unbranched alkanes of at least 4 members (excludes halogenated alkanes) is 1. The molecule has 1 heterocycles. The molecule has 0 radical (unpaired) electrons. The third kappa shape index (κ3) is 4.85. The van der Waals surface area contributed by atoms with Gasteiger partial charge in [-0.15, -0.1) is 11.3 Å². The Balaban J connectivity index is 2.59. The van der Waals surface area contributed by atoms with Crippen LogP contribution in [0, 0.1) is 6.92 Å². The molecule has 19 heavy (non-hydrogen) atoms. The Morgan fingerprint density at radius 2 is 2.05 bits per heavy atom. The second kappa shape index (κ2) is 7.35. The van der Waals surface area contributed by atoms with Crippen LogP contribution in [-0.4, -0.2) is 40.5 Å². The van der Waals surface area contributed by atoms with Gasteiger partial charge in [-0.2, -0.15) is 0 Å². The molecule has 1 rings (SSSR count). The molecule has 0 atom stereocenters. The second-order valence-corrected chi connectivity index (χ2v) is 7.45. The van der Waals surface area contributed by atoms with E-state index in [4.69, 9.17) is 5.73 Å². The molecule has 0 amide bonds. The standard InChI is InChI=1S/C12H23N3O2S2/c1-10-9-18-11(8-13)12(10)19(16,17)14-6-4-5-7-15(2)3/h9,14H,4-8,13H2,1-3H3. The van der Waals surface area contributed by atoms with Gasteiger partial charge < -0.3 is 10.6 Å². The van der Waals surface area contributed by atoms with E-state index in [9.17, 15) is 8.42 Å². The third-order valence-corrected chi connectivity index (χ3v) is 5.71. The molecule has 5 nitrogen and oxygen atoms in total. The summed E-state index contributed by atoms with van der Waals surface area (Å²) in [5.74, 6) is 0. The topological polar surface area (TPSA) is 75.4 Å². The van der Waals surface area contributed by atoms with Crippen molar-refractivity contribution >= 4 is 21.4 Å². The molecule has 1 aromatic rings. The van der Waals surface area contributed by atoms with Gasteiger partial charge in [-0.1, -0.05) is 0 Å². The quantitative estimate of drug-likeness (QED) is 0.706. The summed E-state index contributed by atoms with van der Waals surface area (Å²) in [7, 11) is 0.588. The molecule has 0 spiro atoms. The molecule has 0 aliphatic carbocycles. The Labute approximate surface area is 119 Å². The first kappa shape index (κ1) is 16.6. The monoisotopic (exact) mass is 305 g/mol. The van der Waals surface area contributed by atoms with E-state index in [2.05, 4.69) is 9.62 Å². The fourth-order valence-electron chi connectivity index (χ4n) is 1.82. The average molecular weight is 305 g/mol. The summed E-state index contributed by atoms with van der Waals surface area (Å²) in [4.78, 5) is 3.18. The van der Waals surface area contributed by atoms with Gasteiger partial charge in [0.2, 0.25) is 10.0 Å². The van der Waals surface area contributed by atoms with Gasteiger partial charge in [-0.05, 0) is 51.3 Å². The van der Waals surface area contributed by atoms with Crippen LogP contribution in [0.2, 0.25) is 0 Å². The number of hydrogen-bond donors (Lipinski definition) is 2. The van der Waals surface area contributed by atoms with E-state index in [1.165, 1.54) is 11.3 Å². The lowest BCUT2D eigenvalue weighted by atomic mass is 10.3. The van der Waals surface area contributed by atoms with Crippen LogP contribution in [0.4, 0.5) is 0 Å². The van der Waals surface area contributed by atoms with Crippen LogP contribution in [0.5, 0.6) is 0 Å². The minimum Gasteiger partial charge on any atom is -0.326 e. The lowest BCUT2D eigenvalue weighted by Crippen LogP contribution is -2.26. The van der Waals surface area contributed by atoms with Crippen LogP contribution in [0.1, 0.15) is 23.3 Å². The minimum absolute atomic E-state index is 0.259. The predicted molar refractivity (Wildman–Crippen MR) is 79.9 cm³/mol. The number of hydrogen-bond acceptors (Lipinski definition) is 5. The Kier molecular flexibility index (Phi) is 6.41. The number of nitrogens with one attached hydrogen (secondary N) is 1. The van der Waals surface area contributed by atoms with Crippen LogP contribution >= 0.6 is 11.3 Å². The average Bonchev–Trinajstić information content (AvgIpc) is 2.70. The minimum atomic E-state index is -3.42. The highest BCUT2D eigenvalue weighted by molar-refractivity contribution is 7.89. The van der Waals surface area contributed by atoms with E-state index in [0.717, 1.165) is 29.8 Å². The van der Waals surface area contributed by atoms with Gasteiger partial charge in [-0.25, -0.2) is 13.1 Å². The third-order valence-electron chi connectivity index (χ3n) is 2.77. The Morgan fingerprint density at radius 1 is 1.37 bits per heavy atom. The summed E-state index contributed by atoms with van der Waals surface area (Å²) >= 11 is 1.40. The van der Waals surface area contributed by atoms with Crippen molar-refractivity contribution in [2.75, 3.05) is 27.2 Å². The molecular formula is C12H23N3O2S2. The van der Waals surface area contributed by atoms with Gasteiger partial charge in [0.1, 0.15) is 4.90 Å². The van der Waals surface area contributed by atoms with Crippen molar-refractivity contribution in [2.24, 2.45) is 5.73 Å². The van der Waals surface area contributed by atoms with Crippen LogP contribution in [0.25, 0.3) is 0 Å². The van der Waals surface area contributed by atoms with E-state index in [0.29, 0.717) is 11.4 Å². The maximum Gasteiger partial charge on any atom is 0.241 e. The second-order valence-electron chi connectivity index (χ2n) is 4.78.